The van der Waals surface area contributed by atoms with E-state index in [0.29, 0.717) is 44.2 Å². The van der Waals surface area contributed by atoms with Crippen molar-refractivity contribution in [1.29, 1.82) is 0 Å². The fourth-order valence-corrected chi connectivity index (χ4v) is 7.63. The normalized spacial score (nSPS) is 14.2. The van der Waals surface area contributed by atoms with Gasteiger partial charge >= 0.3 is 11.9 Å². The zero-order valence-corrected chi connectivity index (χ0v) is 25.9. The quantitative estimate of drug-likeness (QED) is 0.114. The molecular formula is C40H22N2O8. The van der Waals surface area contributed by atoms with Gasteiger partial charge in [0.05, 0.1) is 24.2 Å². The first-order chi connectivity index (χ1) is 24.1. The highest BCUT2D eigenvalue weighted by Gasteiger charge is 2.37. The number of rotatable bonds is 6. The molecule has 10 nitrogen and oxygen atoms in total. The SMILES string of the molecule is O=C(O)c1cccc(CN2C(=O)c3ccc4c5ccc6c7c(ccc(c8ccc(c3c48)C2=O)c75)C(=O)N(Cc2cccc(C(=O)O)c2)C6=O)c1. The lowest BCUT2D eigenvalue weighted by molar-refractivity contribution is 0.0583. The van der Waals surface area contributed by atoms with Crippen molar-refractivity contribution in [3.63, 3.8) is 0 Å². The van der Waals surface area contributed by atoms with E-state index in [1.54, 1.807) is 48.5 Å². The van der Waals surface area contributed by atoms with E-state index in [2.05, 4.69) is 0 Å². The molecule has 0 spiro atoms. The van der Waals surface area contributed by atoms with Crippen molar-refractivity contribution < 1.29 is 39.0 Å². The molecule has 0 aliphatic carbocycles. The molecule has 0 atom stereocenters. The van der Waals surface area contributed by atoms with Gasteiger partial charge in [0.1, 0.15) is 0 Å². The summed E-state index contributed by atoms with van der Waals surface area (Å²) in [7, 11) is 0. The Hall–Kier alpha value is -6.94. The molecule has 0 bridgehead atoms. The number of imide groups is 2. The van der Waals surface area contributed by atoms with E-state index in [4.69, 9.17) is 0 Å². The van der Waals surface area contributed by atoms with Crippen LogP contribution in [0.5, 0.6) is 0 Å². The number of carboxylic acid groups (broad SMARTS) is 2. The second-order valence-electron chi connectivity index (χ2n) is 12.5. The van der Waals surface area contributed by atoms with Crippen molar-refractivity contribution >= 4 is 78.7 Å². The number of nitrogens with zero attached hydrogens (tertiary/aromatic N) is 2. The third-order valence-corrected chi connectivity index (χ3v) is 9.83. The Bertz CT molecular complexity index is 2460. The Morgan fingerprint density at radius 1 is 0.440 bits per heavy atom. The van der Waals surface area contributed by atoms with Crippen LogP contribution in [0, 0.1) is 0 Å². The van der Waals surface area contributed by atoms with Gasteiger partial charge in [-0.1, -0.05) is 48.5 Å². The first kappa shape index (κ1) is 29.2. The number of aromatic carboxylic acids is 2. The Labute approximate surface area is 281 Å². The zero-order valence-electron chi connectivity index (χ0n) is 25.9. The minimum absolute atomic E-state index is 0.0544. The van der Waals surface area contributed by atoms with Crippen LogP contribution in [-0.2, 0) is 13.1 Å². The van der Waals surface area contributed by atoms with Crippen molar-refractivity contribution in [2.75, 3.05) is 0 Å². The number of carboxylic acids is 2. The monoisotopic (exact) mass is 658 g/mol. The number of carbonyl (C=O) groups excluding carboxylic acids is 4. The van der Waals surface area contributed by atoms with Gasteiger partial charge in [0.25, 0.3) is 23.6 Å². The maximum absolute atomic E-state index is 13.9. The van der Waals surface area contributed by atoms with E-state index in [1.807, 2.05) is 24.3 Å². The first-order valence-corrected chi connectivity index (χ1v) is 15.7. The molecule has 0 fully saturated rings. The van der Waals surface area contributed by atoms with Gasteiger partial charge in [0.15, 0.2) is 0 Å². The maximum Gasteiger partial charge on any atom is 0.335 e. The predicted molar refractivity (Wildman–Crippen MR) is 183 cm³/mol. The van der Waals surface area contributed by atoms with Gasteiger partial charge in [0.2, 0.25) is 0 Å². The lowest BCUT2D eigenvalue weighted by atomic mass is 9.82. The minimum atomic E-state index is -1.11. The van der Waals surface area contributed by atoms with Crippen LogP contribution < -0.4 is 0 Å². The minimum Gasteiger partial charge on any atom is -0.478 e. The number of hydrogen-bond acceptors (Lipinski definition) is 6. The summed E-state index contributed by atoms with van der Waals surface area (Å²) in [6.07, 6.45) is 0. The maximum atomic E-state index is 13.9. The summed E-state index contributed by atoms with van der Waals surface area (Å²) < 4.78 is 0. The van der Waals surface area contributed by atoms with Gasteiger partial charge in [-0.3, -0.25) is 29.0 Å². The Morgan fingerprint density at radius 3 is 1.06 bits per heavy atom. The first-order valence-electron chi connectivity index (χ1n) is 15.7. The molecule has 9 rings (SSSR count). The number of fused-ring (bicyclic) bond motifs is 2. The Morgan fingerprint density at radius 2 is 0.760 bits per heavy atom. The van der Waals surface area contributed by atoms with E-state index in [1.165, 1.54) is 24.3 Å². The summed E-state index contributed by atoms with van der Waals surface area (Å²) in [4.78, 5) is 80.9. The molecule has 7 aromatic rings. The summed E-state index contributed by atoms with van der Waals surface area (Å²) in [6.45, 7) is -0.192. The summed E-state index contributed by atoms with van der Waals surface area (Å²) >= 11 is 0. The molecule has 4 amide bonds. The molecule has 0 saturated carbocycles. The van der Waals surface area contributed by atoms with E-state index in [0.717, 1.165) is 42.1 Å². The van der Waals surface area contributed by atoms with Gasteiger partial charge < -0.3 is 10.2 Å². The lowest BCUT2D eigenvalue weighted by Crippen LogP contribution is -2.40. The van der Waals surface area contributed by atoms with Crippen molar-refractivity contribution in [1.82, 2.24) is 9.80 Å². The Kier molecular flexibility index (Phi) is 6.01. The largest absolute Gasteiger partial charge is 0.478 e. The third-order valence-electron chi connectivity index (χ3n) is 9.83. The van der Waals surface area contributed by atoms with Crippen LogP contribution in [0.4, 0.5) is 0 Å². The highest BCUT2D eigenvalue weighted by molar-refractivity contribution is 6.41. The zero-order chi connectivity index (χ0) is 34.6. The highest BCUT2D eigenvalue weighted by Crippen LogP contribution is 2.46. The van der Waals surface area contributed by atoms with Gasteiger partial charge in [-0.2, -0.15) is 0 Å². The van der Waals surface area contributed by atoms with E-state index >= 15 is 0 Å². The van der Waals surface area contributed by atoms with Gasteiger partial charge in [-0.15, -0.1) is 0 Å². The molecule has 2 heterocycles. The number of carbonyl (C=O) groups is 6. The molecule has 240 valence electrons. The van der Waals surface area contributed by atoms with Gasteiger partial charge in [-0.05, 0) is 92.0 Å². The van der Waals surface area contributed by atoms with Crippen molar-refractivity contribution in [2.45, 2.75) is 13.1 Å². The summed E-state index contributed by atoms with van der Waals surface area (Å²) in [5.41, 5.74) is 2.50. The van der Waals surface area contributed by atoms with Gasteiger partial charge in [-0.25, -0.2) is 9.59 Å². The average Bonchev–Trinajstić information content (AvgIpc) is 3.12. The molecule has 50 heavy (non-hydrogen) atoms. The van der Waals surface area contributed by atoms with Crippen LogP contribution in [0.15, 0.2) is 97.1 Å². The van der Waals surface area contributed by atoms with Crippen LogP contribution in [0.2, 0.25) is 0 Å². The van der Waals surface area contributed by atoms with Gasteiger partial charge in [0, 0.05) is 33.0 Å². The van der Waals surface area contributed by atoms with Crippen LogP contribution in [0.25, 0.3) is 43.1 Å². The molecule has 2 aliphatic rings. The molecule has 2 N–H and O–H groups in total. The number of benzene rings is 7. The fourth-order valence-electron chi connectivity index (χ4n) is 7.63. The lowest BCUT2D eigenvalue weighted by Gasteiger charge is -2.30. The molecule has 0 aromatic heterocycles. The second-order valence-corrected chi connectivity index (χ2v) is 12.5. The standard InChI is InChI=1S/C40H22N2O8/c43-35-27-11-7-23-25-9-13-29-34-30(38(46)42(37(29)45)18-20-4-2-6-22(16-20)40(49)50)14-10-26(32(25)34)24-8-12-28(33(27)31(23)24)36(44)41(35)17-19-3-1-5-21(15-19)39(47)48/h1-16H,17-18H2,(H,47,48)(H,49,50). The highest BCUT2D eigenvalue weighted by atomic mass is 16.4. The number of hydrogen-bond donors (Lipinski definition) is 2. The molecule has 10 heteroatoms. The third kappa shape index (κ3) is 3.96. The van der Waals surface area contributed by atoms with E-state index in [-0.39, 0.29) is 24.2 Å². The molecule has 0 unspecified atom stereocenters. The van der Waals surface area contributed by atoms with E-state index in [9.17, 15) is 39.0 Å². The summed E-state index contributed by atoms with van der Waals surface area (Å²) in [5, 5.41) is 24.3. The predicted octanol–water partition coefficient (Wildman–Crippen LogP) is 6.73. The summed E-state index contributed by atoms with van der Waals surface area (Å²) in [5.74, 6) is -4.19. The van der Waals surface area contributed by atoms with E-state index < -0.39 is 35.6 Å². The molecule has 0 saturated heterocycles. The summed E-state index contributed by atoms with van der Waals surface area (Å²) in [6, 6.07) is 26.3. The Balaban J connectivity index is 1.18. The average molecular weight is 659 g/mol. The van der Waals surface area contributed by atoms with Crippen LogP contribution in [-0.4, -0.2) is 55.6 Å². The van der Waals surface area contributed by atoms with Crippen LogP contribution in [0.1, 0.15) is 73.3 Å². The smallest absolute Gasteiger partial charge is 0.335 e. The molecule has 2 aliphatic heterocycles. The molecular weight excluding hydrogens is 636 g/mol. The molecule has 7 aromatic carbocycles. The molecule has 0 radical (unpaired) electrons. The number of amides is 4. The second kappa shape index (κ2) is 10.3. The topological polar surface area (TPSA) is 149 Å². The van der Waals surface area contributed by atoms with Crippen molar-refractivity contribution in [2.24, 2.45) is 0 Å². The van der Waals surface area contributed by atoms with Crippen LogP contribution >= 0.6 is 0 Å². The van der Waals surface area contributed by atoms with Crippen molar-refractivity contribution in [3.8, 4) is 0 Å². The van der Waals surface area contributed by atoms with Crippen LogP contribution in [0.3, 0.4) is 0 Å². The fraction of sp³-hybridized carbons (Fsp3) is 0.0500. The van der Waals surface area contributed by atoms with Crippen molar-refractivity contribution in [3.05, 3.63) is 142 Å².